The van der Waals surface area contributed by atoms with Crippen LogP contribution in [0.1, 0.15) is 280 Å². The number of fused-ring (bicyclic) bond motifs is 24. The molecule has 16 aliphatic carbocycles. The summed E-state index contributed by atoms with van der Waals surface area (Å²) in [4.78, 5) is 60.0. The van der Waals surface area contributed by atoms with E-state index in [0.29, 0.717) is 103 Å². The zero-order valence-electron chi connectivity index (χ0n) is 78.5. The number of nitrogens with zero attached hydrogens (tertiary/aromatic N) is 12. The molecule has 20 nitrogen and oxygen atoms in total. The van der Waals surface area contributed by atoms with E-state index in [1.54, 1.807) is 25.0 Å². The van der Waals surface area contributed by atoms with Gasteiger partial charge in [0.15, 0.2) is 23.1 Å². The van der Waals surface area contributed by atoms with Gasteiger partial charge in [0.1, 0.15) is 58.3 Å². The number of Topliss-reactive ketones (excluding diaryl/α,β-unsaturated/α-hetero) is 4. The molecule has 0 radical (unpaired) electrons. The SMILES string of the molecule is C[C@@]1(O)CC[C@H]2[C@H](CC[C@@H]3[C@@H]2CC[C@]2(C)[C@@H](C(=O)Cn4nc5ccccc5n4)CC[C@@H]32)C1.C[C@@]1(O)CC[C@H]2[C@H](CC[C@@H]3[C@@H]2CC[C@]2(C)[C@@H](C(=O)Cn4nnc5ccccc54)CC[C@@H]32)C1.C[C@@]1(O)CC[C@H]2[C@H](CC[C@@H]3[C@@H]2CC[C@]2(C)[C@H](C(=O)Cn4nnc5ccccc54)CC[C@@H]32)C1.C[C@]12CC[C@H]3[C@@H](CC[C@@H]4C[C@@](O)(C(F)F)CC[C@@H]43)[C@@H]1CC[C@@H]2C(=O)Cn1cc2ncccc2n1. The standard InChI is InChI=1S/C27H35F2N3O2.3C27H37N3O2/c1-26-10-8-18-17-9-11-27(34,25(28)29)13-16(17)4-5-19(18)20(26)6-7-21(26)24(33)15-32-14-23-22(31-32)3-2-12-30-23;2*1-26(32)13-11-18-17(15-26)7-8-20-19(18)12-14-27(2)21(20)9-10-22(27)25(31)16-30-24-6-4-3-5-23(24)28-29-30;1-26(32)13-11-18-17(15-26)7-8-20-19(18)12-14-27(2)21(20)9-10-22(27)25(31)16-30-28-23-5-3-4-6-24(23)29-30/h2-3,12,14,16-21,25,34H,4-11,13,15H2,1H3;3*3-6,17-22,32H,7-16H2,1-2H3/t16-,17+,18-,19-,20+,21-,26+,27-;17-,18+,19-,20-,21+,22+,26-,27+;2*17-,18+,19-,20-,21+,22-,26-,27+/m1111/s1. The Bertz CT molecular complexity index is 5260. The fourth-order valence-electron chi connectivity index (χ4n) is 35.5. The molecule has 700 valence electrons. The fraction of sp³-hybridized carbons (Fsp3) is 0.741. The Hall–Kier alpha value is -7.14. The molecule has 5 heterocycles. The Morgan fingerprint density at radius 2 is 0.662 bits per heavy atom. The average Bonchev–Trinajstić information content (AvgIpc) is 1.49. The van der Waals surface area contributed by atoms with Gasteiger partial charge in [-0.1, -0.05) is 74.5 Å². The summed E-state index contributed by atoms with van der Waals surface area (Å²) in [6, 6.07) is 27.5. The molecule has 4 N–H and O–H groups in total. The minimum absolute atomic E-state index is 0.0221. The maximum atomic E-state index is 13.6. The van der Waals surface area contributed by atoms with E-state index < -0.39 is 28.8 Å². The Balaban J connectivity index is 0.000000105. The third-order valence-electron chi connectivity index (χ3n) is 41.4. The molecule has 3 aromatic carbocycles. The topological polar surface area (TPSA) is 272 Å². The maximum Gasteiger partial charge on any atom is 0.266 e. The highest BCUT2D eigenvalue weighted by molar-refractivity contribution is 5.86. The van der Waals surface area contributed by atoms with E-state index in [0.717, 1.165) is 200 Å². The van der Waals surface area contributed by atoms with Crippen molar-refractivity contribution in [2.75, 3.05) is 0 Å². The van der Waals surface area contributed by atoms with Gasteiger partial charge in [-0.25, -0.2) is 18.1 Å². The number of halogens is 2. The summed E-state index contributed by atoms with van der Waals surface area (Å²) in [5.41, 5.74) is 4.28. The molecule has 16 aliphatic rings. The van der Waals surface area contributed by atoms with Gasteiger partial charge in [-0.3, -0.25) is 28.8 Å². The second kappa shape index (κ2) is 34.3. The van der Waals surface area contributed by atoms with E-state index in [4.69, 9.17) is 0 Å². The number of pyridine rings is 1. The Kier molecular flexibility index (Phi) is 23.6. The van der Waals surface area contributed by atoms with Crippen molar-refractivity contribution in [3.05, 3.63) is 97.3 Å². The number of aromatic nitrogens is 12. The van der Waals surface area contributed by atoms with Crippen LogP contribution in [0.25, 0.3) is 44.1 Å². The van der Waals surface area contributed by atoms with Gasteiger partial charge in [0.25, 0.3) is 6.43 Å². The molecule has 16 saturated carbocycles. The maximum absolute atomic E-state index is 13.6. The summed E-state index contributed by atoms with van der Waals surface area (Å²) in [5, 5.41) is 73.0. The predicted molar refractivity (Wildman–Crippen MR) is 495 cm³/mol. The van der Waals surface area contributed by atoms with Gasteiger partial charge in [0, 0.05) is 29.9 Å². The highest BCUT2D eigenvalue weighted by Gasteiger charge is 2.65. The predicted octanol–water partition coefficient (Wildman–Crippen LogP) is 20.3. The zero-order valence-corrected chi connectivity index (χ0v) is 78.5. The summed E-state index contributed by atoms with van der Waals surface area (Å²) < 4.78 is 32.3. The van der Waals surface area contributed by atoms with Crippen LogP contribution in [0.5, 0.6) is 0 Å². The number of aliphatic hydroxyl groups is 4. The molecule has 0 unspecified atom stereocenters. The van der Waals surface area contributed by atoms with E-state index in [1.807, 2.05) is 112 Å². The number of ketones is 4. The molecule has 0 aliphatic heterocycles. The number of alkyl halides is 2. The minimum atomic E-state index is -2.65. The minimum Gasteiger partial charge on any atom is -0.390 e. The lowest BCUT2D eigenvalue weighted by Gasteiger charge is -2.57. The first-order valence-electron chi connectivity index (χ1n) is 51.8. The van der Waals surface area contributed by atoms with Crippen LogP contribution in [-0.2, 0) is 45.4 Å². The largest absolute Gasteiger partial charge is 0.390 e. The first-order valence-corrected chi connectivity index (χ1v) is 51.8. The second-order valence-corrected chi connectivity index (χ2v) is 48.1. The van der Waals surface area contributed by atoms with Gasteiger partial charge in [-0.05, 0) is 440 Å². The Morgan fingerprint density at radius 3 is 1.04 bits per heavy atom. The number of hydrogen-bond donors (Lipinski definition) is 4. The molecule has 8 aromatic rings. The van der Waals surface area contributed by atoms with E-state index in [9.17, 15) is 48.4 Å². The fourth-order valence-corrected chi connectivity index (χ4v) is 35.5. The van der Waals surface area contributed by atoms with E-state index >= 15 is 0 Å². The second-order valence-electron chi connectivity index (χ2n) is 48.1. The molecule has 0 amide bonds. The number of carbonyl (C=O) groups is 4. The monoisotopic (exact) mass is 1780 g/mol. The smallest absolute Gasteiger partial charge is 0.266 e. The van der Waals surface area contributed by atoms with Crippen LogP contribution >= 0.6 is 0 Å². The van der Waals surface area contributed by atoms with Crippen molar-refractivity contribution in [2.24, 2.45) is 164 Å². The van der Waals surface area contributed by atoms with Crippen molar-refractivity contribution in [3.63, 3.8) is 0 Å². The molecule has 5 aromatic heterocycles. The molecule has 0 spiro atoms. The van der Waals surface area contributed by atoms with Crippen LogP contribution in [-0.4, -0.2) is 132 Å². The van der Waals surface area contributed by atoms with E-state index in [2.05, 4.69) is 68.6 Å². The van der Waals surface area contributed by atoms with Crippen molar-refractivity contribution >= 4 is 67.3 Å². The summed E-state index contributed by atoms with van der Waals surface area (Å²) in [7, 11) is 0. The zero-order chi connectivity index (χ0) is 89.9. The van der Waals surface area contributed by atoms with Crippen molar-refractivity contribution in [1.82, 2.24) is 59.7 Å². The molecular formula is C108H146F2N12O8. The molecule has 16 fully saturated rings. The lowest BCUT2D eigenvalue weighted by Crippen LogP contribution is -2.53. The third kappa shape index (κ3) is 16.1. The lowest BCUT2D eigenvalue weighted by atomic mass is 9.49. The summed E-state index contributed by atoms with van der Waals surface area (Å²) in [6.45, 7) is 17.0. The van der Waals surface area contributed by atoms with Crippen molar-refractivity contribution < 1.29 is 48.4 Å². The van der Waals surface area contributed by atoms with Crippen LogP contribution in [0.15, 0.2) is 97.3 Å². The molecule has 24 rings (SSSR count). The number of benzene rings is 3. The van der Waals surface area contributed by atoms with Crippen LogP contribution in [0, 0.1) is 164 Å². The van der Waals surface area contributed by atoms with Crippen LogP contribution in [0.3, 0.4) is 0 Å². The van der Waals surface area contributed by atoms with Crippen LogP contribution in [0.2, 0.25) is 0 Å². The third-order valence-corrected chi connectivity index (χ3v) is 41.4. The quantitative estimate of drug-likeness (QED) is 0.0835. The normalized spacial score (nSPS) is 43.0. The first-order chi connectivity index (χ1) is 62.3. The summed E-state index contributed by atoms with van der Waals surface area (Å²) >= 11 is 0. The van der Waals surface area contributed by atoms with Gasteiger partial charge >= 0.3 is 0 Å². The van der Waals surface area contributed by atoms with Crippen molar-refractivity contribution in [1.29, 1.82) is 0 Å². The van der Waals surface area contributed by atoms with E-state index in [1.165, 1.54) is 116 Å². The van der Waals surface area contributed by atoms with Gasteiger partial charge in [-0.15, -0.1) is 10.2 Å². The van der Waals surface area contributed by atoms with Gasteiger partial charge < -0.3 is 20.4 Å². The Morgan fingerprint density at radius 1 is 0.338 bits per heavy atom. The molecule has 0 saturated heterocycles. The molecule has 0 bridgehead atoms. The van der Waals surface area contributed by atoms with Gasteiger partial charge in [0.05, 0.1) is 40.6 Å². The van der Waals surface area contributed by atoms with Crippen molar-refractivity contribution in [3.8, 4) is 0 Å². The number of para-hydroxylation sites is 2. The highest BCUT2D eigenvalue weighted by Crippen LogP contribution is 2.70. The molecule has 22 heteroatoms. The van der Waals surface area contributed by atoms with Gasteiger partial charge in [0.2, 0.25) is 0 Å². The lowest BCUT2D eigenvalue weighted by molar-refractivity contribution is -0.160. The Labute approximate surface area is 766 Å². The van der Waals surface area contributed by atoms with Gasteiger partial charge in [-0.2, -0.15) is 20.1 Å². The number of carbonyl (C=O) groups excluding carboxylic acids is 4. The summed E-state index contributed by atoms with van der Waals surface area (Å²) in [5.74, 6) is 15.6. The van der Waals surface area contributed by atoms with Crippen molar-refractivity contribution in [2.45, 2.75) is 335 Å². The van der Waals surface area contributed by atoms with Crippen LogP contribution in [0.4, 0.5) is 8.78 Å². The molecule has 32 atom stereocenters. The number of hydrogen-bond acceptors (Lipinski definition) is 16. The molecule has 130 heavy (non-hydrogen) atoms. The molecular weight excluding hydrogens is 1630 g/mol. The van der Waals surface area contributed by atoms with E-state index in [-0.39, 0.29) is 69.9 Å². The first kappa shape index (κ1) is 89.4. The van der Waals surface area contributed by atoms with Crippen LogP contribution < -0.4 is 0 Å². The highest BCUT2D eigenvalue weighted by atomic mass is 19.3. The average molecular weight is 1780 g/mol. The summed E-state index contributed by atoms with van der Waals surface area (Å²) in [6.07, 6.45) is 39.7. The number of rotatable bonds is 13.